The van der Waals surface area contributed by atoms with Crippen molar-refractivity contribution in [2.24, 2.45) is 0 Å². The Kier molecular flexibility index (Phi) is 22.3. The summed E-state index contributed by atoms with van der Waals surface area (Å²) in [6.45, 7) is -0.282. The third kappa shape index (κ3) is 11.0. The van der Waals surface area contributed by atoms with Gasteiger partial charge in [0.15, 0.2) is 20.3 Å². The Morgan fingerprint density at radius 2 is 1.23 bits per heavy atom. The Bertz CT molecular complexity index is 707. The number of quaternary nitrogens is 1. The SMILES string of the molecule is O.O.O.[Cl-].[Cu+2].[NH3+]CCC(O)(P(=O)([O-])O)P(=O)([O-])O.c1ccc(-c2ccccn2)nc1. The van der Waals surface area contributed by atoms with E-state index < -0.39 is 26.7 Å². The Morgan fingerprint density at radius 3 is 1.40 bits per heavy atom. The van der Waals surface area contributed by atoms with E-state index in [0.29, 0.717) is 0 Å². The second kappa shape index (κ2) is 16.8. The minimum Gasteiger partial charge on any atom is -1.00 e. The van der Waals surface area contributed by atoms with Gasteiger partial charge in [-0.2, -0.15) is 0 Å². The third-order valence-corrected chi connectivity index (χ3v) is 6.78. The Morgan fingerprint density at radius 1 is 0.900 bits per heavy atom. The molecule has 0 fully saturated rings. The zero-order chi connectivity index (χ0) is 19.1. The van der Waals surface area contributed by atoms with Crippen LogP contribution >= 0.6 is 15.2 Å². The maximum atomic E-state index is 10.5. The van der Waals surface area contributed by atoms with Gasteiger partial charge in [-0.1, -0.05) is 12.1 Å². The van der Waals surface area contributed by atoms with E-state index >= 15 is 0 Å². The van der Waals surface area contributed by atoms with E-state index in [4.69, 9.17) is 14.9 Å². The first-order valence-corrected chi connectivity index (χ1v) is 10.1. The molecule has 12 N–H and O–H groups in total. The zero-order valence-corrected chi connectivity index (χ0v) is 18.7. The number of hydrogen-bond donors (Lipinski definition) is 4. The van der Waals surface area contributed by atoms with E-state index in [1.807, 2.05) is 36.4 Å². The van der Waals surface area contributed by atoms with E-state index in [0.717, 1.165) is 11.4 Å². The van der Waals surface area contributed by atoms with Crippen LogP contribution in [0.2, 0.25) is 0 Å². The number of halogens is 1. The fourth-order valence-corrected chi connectivity index (χ4v) is 3.87. The quantitative estimate of drug-likeness (QED) is 0.205. The van der Waals surface area contributed by atoms with Crippen molar-refractivity contribution in [1.29, 1.82) is 0 Å². The summed E-state index contributed by atoms with van der Waals surface area (Å²) >= 11 is 0. The number of hydrogen-bond acceptors (Lipinski definition) is 7. The van der Waals surface area contributed by atoms with E-state index in [-0.39, 0.29) is 52.4 Å². The van der Waals surface area contributed by atoms with Crippen LogP contribution in [-0.4, -0.2) is 52.9 Å². The first-order chi connectivity index (χ1) is 11.5. The molecule has 2 aromatic heterocycles. The fourth-order valence-electron chi connectivity index (χ4n) is 1.71. The largest absolute Gasteiger partial charge is 2.00 e. The van der Waals surface area contributed by atoms with Crippen molar-refractivity contribution < 1.29 is 85.4 Å². The van der Waals surface area contributed by atoms with Gasteiger partial charge in [0.2, 0.25) is 0 Å². The van der Waals surface area contributed by atoms with Gasteiger partial charge in [0.1, 0.15) is 0 Å². The monoisotopic (exact) mass is 542 g/mol. The summed E-state index contributed by atoms with van der Waals surface area (Å²) in [5, 5.41) is 5.47. The second-order valence-electron chi connectivity index (χ2n) is 4.85. The van der Waals surface area contributed by atoms with Gasteiger partial charge in [0.05, 0.1) is 17.9 Å². The maximum absolute atomic E-state index is 10.5. The summed E-state index contributed by atoms with van der Waals surface area (Å²) in [5.74, 6) is 0. The van der Waals surface area contributed by atoms with Crippen LogP contribution in [0, 0.1) is 0 Å². The van der Waals surface area contributed by atoms with Gasteiger partial charge in [-0.25, -0.2) is 0 Å². The van der Waals surface area contributed by atoms with Crippen molar-refractivity contribution in [3.63, 3.8) is 0 Å². The molecule has 2 atom stereocenters. The topological polar surface area (TPSA) is 289 Å². The average molecular weight is 543 g/mol. The molecule has 30 heavy (non-hydrogen) atoms. The van der Waals surface area contributed by atoms with Crippen molar-refractivity contribution in [3.8, 4) is 11.4 Å². The van der Waals surface area contributed by atoms with E-state index in [9.17, 15) is 18.9 Å². The number of aromatic nitrogens is 2. The van der Waals surface area contributed by atoms with Crippen molar-refractivity contribution in [2.75, 3.05) is 6.54 Å². The van der Waals surface area contributed by atoms with Crippen molar-refractivity contribution in [3.05, 3.63) is 48.8 Å². The summed E-state index contributed by atoms with van der Waals surface area (Å²) in [4.78, 5) is 46.1. The van der Waals surface area contributed by atoms with Gasteiger partial charge < -0.3 is 68.4 Å². The van der Waals surface area contributed by atoms with Crippen LogP contribution in [0.4, 0.5) is 0 Å². The van der Waals surface area contributed by atoms with Gasteiger partial charge in [-0.05, 0) is 24.3 Å². The summed E-state index contributed by atoms with van der Waals surface area (Å²) in [7, 11) is -11.2. The average Bonchev–Trinajstić information content (AvgIpc) is 2.55. The first kappa shape index (κ1) is 39.7. The predicted octanol–water partition coefficient (Wildman–Crippen LogP) is -6.97. The number of nitrogens with zero attached hydrogens (tertiary/aromatic N) is 2. The standard InChI is InChI=1S/C10H8N2.C3H11NO7P2.ClH.Cu.3H2O/c1-3-7-11-9(5-1)10-6-2-4-8-12-10;4-2-1-3(5,12(6,7)8)13(9,10)11;;;;;/h1-8H;5H,1-2,4H2,(H2,6,7,8)(H2,9,10,11);1H;;3*1H2/q;;;+2;;;/p-2. The van der Waals surface area contributed by atoms with Crippen LogP contribution in [0.3, 0.4) is 0 Å². The minimum absolute atomic E-state index is 0. The van der Waals surface area contributed by atoms with E-state index in [1.54, 1.807) is 12.4 Å². The molecule has 2 aromatic rings. The number of aliphatic hydroxyl groups is 1. The molecule has 2 heterocycles. The minimum atomic E-state index is -5.59. The van der Waals surface area contributed by atoms with Crippen molar-refractivity contribution in [1.82, 2.24) is 9.97 Å². The molecule has 2 rings (SSSR count). The van der Waals surface area contributed by atoms with Gasteiger partial charge >= 0.3 is 17.1 Å². The van der Waals surface area contributed by atoms with Crippen molar-refractivity contribution in [2.45, 2.75) is 11.5 Å². The molecule has 1 radical (unpaired) electrons. The van der Waals surface area contributed by atoms with Crippen LogP contribution in [0.25, 0.3) is 11.4 Å². The van der Waals surface area contributed by atoms with Crippen LogP contribution in [0.15, 0.2) is 48.8 Å². The molecule has 0 aliphatic rings. The molecular formula is C13H24ClCuN3O10P2. The molecule has 0 saturated carbocycles. The molecule has 17 heteroatoms. The molecule has 0 amide bonds. The smallest absolute Gasteiger partial charge is 1.00 e. The van der Waals surface area contributed by atoms with Gasteiger partial charge in [-0.15, -0.1) is 0 Å². The van der Waals surface area contributed by atoms with Crippen LogP contribution in [0.1, 0.15) is 6.42 Å². The van der Waals surface area contributed by atoms with Crippen LogP contribution in [0.5, 0.6) is 0 Å². The predicted molar refractivity (Wildman–Crippen MR) is 95.3 cm³/mol. The van der Waals surface area contributed by atoms with Crippen LogP contribution < -0.4 is 27.9 Å². The molecule has 179 valence electrons. The molecule has 0 aliphatic heterocycles. The third-order valence-electron chi connectivity index (χ3n) is 3.01. The van der Waals surface area contributed by atoms with Gasteiger partial charge in [-0.3, -0.25) is 9.97 Å². The molecule has 2 unspecified atom stereocenters. The summed E-state index contributed by atoms with van der Waals surface area (Å²) in [6.07, 6.45) is 2.65. The molecular weight excluding hydrogens is 519 g/mol. The molecule has 13 nitrogen and oxygen atoms in total. The van der Waals surface area contributed by atoms with Gasteiger partial charge in [0, 0.05) is 18.8 Å². The Hall–Kier alpha value is -0.791. The van der Waals surface area contributed by atoms with E-state index in [2.05, 4.69) is 15.7 Å². The number of rotatable bonds is 5. The summed E-state index contributed by atoms with van der Waals surface area (Å²) in [6, 6.07) is 11.6. The molecule has 0 spiro atoms. The molecule has 0 saturated heterocycles. The number of pyridine rings is 2. The normalized spacial score (nSPS) is 15.0. The maximum Gasteiger partial charge on any atom is 2.00 e. The summed E-state index contributed by atoms with van der Waals surface area (Å²) in [5.41, 5.74) is 4.93. The molecule has 0 bridgehead atoms. The zero-order valence-electron chi connectivity index (χ0n) is 15.2. The van der Waals surface area contributed by atoms with Gasteiger partial charge in [0.25, 0.3) is 0 Å². The summed E-state index contributed by atoms with van der Waals surface area (Å²) < 4.78 is 20.9. The second-order valence-corrected chi connectivity index (χ2v) is 8.76. The van der Waals surface area contributed by atoms with Crippen LogP contribution in [-0.2, 0) is 26.2 Å². The Labute approximate surface area is 188 Å². The first-order valence-electron chi connectivity index (χ1n) is 6.95. The molecule has 0 aromatic carbocycles. The Balaban J connectivity index is -0.000000119. The fraction of sp³-hybridized carbons (Fsp3) is 0.231. The van der Waals surface area contributed by atoms with E-state index in [1.165, 1.54) is 0 Å². The van der Waals surface area contributed by atoms with Crippen molar-refractivity contribution >= 4 is 15.2 Å². The molecule has 0 aliphatic carbocycles.